The molecule has 5 aliphatic carbocycles. The molecular formula is C47H70N2O9. The average Bonchev–Trinajstić information content (AvgIpc) is 3.18. The van der Waals surface area contributed by atoms with Gasteiger partial charge in [-0.1, -0.05) is 72.6 Å². The van der Waals surface area contributed by atoms with Crippen molar-refractivity contribution in [2.45, 2.75) is 150 Å². The van der Waals surface area contributed by atoms with Crippen LogP contribution in [0.15, 0.2) is 35.9 Å². The molecule has 4 N–H and O–H groups in total. The van der Waals surface area contributed by atoms with E-state index in [2.05, 4.69) is 59.4 Å². The first-order valence-corrected chi connectivity index (χ1v) is 22.2. The maximum Gasteiger partial charge on any atom is 0.230 e. The van der Waals surface area contributed by atoms with Gasteiger partial charge in [-0.3, -0.25) is 9.59 Å². The molecule has 1 aromatic carbocycles. The third-order valence-electron chi connectivity index (χ3n) is 18.0. The van der Waals surface area contributed by atoms with Crippen LogP contribution in [0.3, 0.4) is 0 Å². The lowest BCUT2D eigenvalue weighted by molar-refractivity contribution is -0.321. The third kappa shape index (κ3) is 6.25. The molecule has 1 amide bonds. The van der Waals surface area contributed by atoms with Crippen molar-refractivity contribution in [3.63, 3.8) is 0 Å². The van der Waals surface area contributed by atoms with Gasteiger partial charge in [0, 0.05) is 24.4 Å². The number of rotatable bonds is 6. The summed E-state index contributed by atoms with van der Waals surface area (Å²) in [5, 5.41) is 42.2. The number of carbonyl (C=O) groups is 2. The first-order chi connectivity index (χ1) is 27.3. The highest BCUT2D eigenvalue weighted by Crippen LogP contribution is 2.75. The van der Waals surface area contributed by atoms with Gasteiger partial charge in [-0.05, 0) is 115 Å². The summed E-state index contributed by atoms with van der Waals surface area (Å²) in [6, 6.07) is 7.66. The van der Waals surface area contributed by atoms with Crippen LogP contribution in [0, 0.1) is 50.2 Å². The summed E-state index contributed by atoms with van der Waals surface area (Å²) < 4.78 is 18.0. The molecule has 11 heteroatoms. The van der Waals surface area contributed by atoms with Gasteiger partial charge in [-0.15, -0.1) is 0 Å². The Kier molecular flexibility index (Phi) is 10.6. The van der Waals surface area contributed by atoms with Gasteiger partial charge in [0.25, 0.3) is 0 Å². The lowest BCUT2D eigenvalue weighted by Gasteiger charge is -2.70. The zero-order valence-corrected chi connectivity index (χ0v) is 36.2. The summed E-state index contributed by atoms with van der Waals surface area (Å²) in [5.41, 5.74) is 1.20. The van der Waals surface area contributed by atoms with Crippen LogP contribution >= 0.6 is 0 Å². The van der Waals surface area contributed by atoms with Crippen LogP contribution in [0.25, 0.3) is 0 Å². The number of ketones is 1. The maximum atomic E-state index is 15.3. The highest BCUT2D eigenvalue weighted by atomic mass is 16.7. The number of allylic oxidation sites excluding steroid dienone is 2. The van der Waals surface area contributed by atoms with E-state index in [0.29, 0.717) is 43.4 Å². The molecule has 0 spiro atoms. The molecule has 0 aromatic heterocycles. The van der Waals surface area contributed by atoms with Gasteiger partial charge in [0.2, 0.25) is 5.91 Å². The van der Waals surface area contributed by atoms with E-state index in [-0.39, 0.29) is 51.4 Å². The standard InChI is InChI=1S/C47H70N2O9/c1-42(2)15-11-16-45(5)34(42)14-17-47(7)39(45)31(51)24-28-29-25-44(4,19-18-43(29,3)20-21-46(28,47)6)41(55)49-23-22-48(30-12-9-10-13-32(30)56-8)26-35(49)58-40-38(54)37(53)36(52)33(27-50)57-40/h9-10,12-13,24,29,33-40,50,52-54H,11,14-23,25-27H2,1-8H3/t29-,33-,34?,35?,36-,37-,38-,39?,40+,43-,44?,45+,46-,47-/m1/s1. The minimum absolute atomic E-state index is 0.00658. The predicted octanol–water partition coefficient (Wildman–Crippen LogP) is 5.86. The van der Waals surface area contributed by atoms with Crippen LogP contribution in [0.2, 0.25) is 0 Å². The first-order valence-electron chi connectivity index (χ1n) is 22.2. The molecular weight excluding hydrogens is 737 g/mol. The van der Waals surface area contributed by atoms with E-state index >= 15 is 4.79 Å². The van der Waals surface area contributed by atoms with Crippen LogP contribution in [0.1, 0.15) is 113 Å². The van der Waals surface area contributed by atoms with Crippen molar-refractivity contribution in [3.8, 4) is 5.75 Å². The lowest BCUT2D eigenvalue weighted by atomic mass is 9.33. The number of aliphatic hydroxyl groups excluding tert-OH is 4. The summed E-state index contributed by atoms with van der Waals surface area (Å²) in [5.74, 6) is 1.54. The minimum Gasteiger partial charge on any atom is -0.495 e. The summed E-state index contributed by atoms with van der Waals surface area (Å²) in [7, 11) is 1.62. The van der Waals surface area contributed by atoms with E-state index in [0.717, 1.165) is 44.2 Å². The van der Waals surface area contributed by atoms with E-state index in [1.807, 2.05) is 24.3 Å². The Morgan fingerprint density at radius 3 is 2.34 bits per heavy atom. The molecule has 2 heterocycles. The number of piperazine rings is 1. The molecule has 58 heavy (non-hydrogen) atoms. The largest absolute Gasteiger partial charge is 0.495 e. The second-order valence-corrected chi connectivity index (χ2v) is 21.5. The summed E-state index contributed by atoms with van der Waals surface area (Å²) >= 11 is 0. The molecule has 11 nitrogen and oxygen atoms in total. The molecule has 0 radical (unpaired) electrons. The molecule has 1 aromatic rings. The molecule has 4 unspecified atom stereocenters. The molecule has 2 aliphatic heterocycles. The number of nitrogens with zero attached hydrogens (tertiary/aromatic N) is 2. The van der Waals surface area contributed by atoms with Crippen molar-refractivity contribution in [3.05, 3.63) is 35.9 Å². The monoisotopic (exact) mass is 807 g/mol. The van der Waals surface area contributed by atoms with Crippen molar-refractivity contribution in [1.29, 1.82) is 0 Å². The SMILES string of the molecule is COc1ccccc1N1CCN(C(=O)C2(C)CC[C@]3(C)CC[C@]4(C)C(=CC(=O)C5[C@@]6(C)CCCC(C)(C)C6CC[C@]54C)[C@H]3C2)C(O[C@@H]2O[C@H](CO)[C@@H](O)[C@@H](O)[C@H]2O)C1. The number of para-hydroxylation sites is 2. The zero-order chi connectivity index (χ0) is 41.8. The average molecular weight is 807 g/mol. The van der Waals surface area contributed by atoms with Crippen molar-refractivity contribution in [1.82, 2.24) is 4.90 Å². The molecule has 6 fully saturated rings. The molecule has 322 valence electrons. The fourth-order valence-corrected chi connectivity index (χ4v) is 14.4. The van der Waals surface area contributed by atoms with Crippen LogP contribution in [-0.2, 0) is 19.1 Å². The number of hydrogen-bond acceptors (Lipinski definition) is 10. The fraction of sp³-hybridized carbons (Fsp3) is 0.787. The number of aliphatic hydroxyl groups is 4. The summed E-state index contributed by atoms with van der Waals surface area (Å²) in [4.78, 5) is 34.1. The van der Waals surface area contributed by atoms with Crippen molar-refractivity contribution in [2.24, 2.45) is 50.2 Å². The highest BCUT2D eigenvalue weighted by Gasteiger charge is 2.69. The maximum absolute atomic E-state index is 15.3. The Hall–Kier alpha value is -2.54. The van der Waals surface area contributed by atoms with Gasteiger partial charge < -0.3 is 44.4 Å². The van der Waals surface area contributed by atoms with Crippen LogP contribution in [0.5, 0.6) is 5.75 Å². The molecule has 0 bridgehead atoms. The van der Waals surface area contributed by atoms with E-state index in [1.165, 1.54) is 18.4 Å². The molecule has 2 saturated heterocycles. The number of fused-ring (bicyclic) bond motifs is 7. The number of ether oxygens (including phenoxy) is 3. The Bertz CT molecular complexity index is 1800. The van der Waals surface area contributed by atoms with Gasteiger partial charge in [0.15, 0.2) is 18.3 Å². The molecule has 4 saturated carbocycles. The number of methoxy groups -OCH3 is 1. The van der Waals surface area contributed by atoms with Crippen molar-refractivity contribution >= 4 is 17.4 Å². The Labute approximate surface area is 345 Å². The van der Waals surface area contributed by atoms with E-state index in [4.69, 9.17) is 14.2 Å². The molecule has 7 aliphatic rings. The third-order valence-corrected chi connectivity index (χ3v) is 18.0. The van der Waals surface area contributed by atoms with E-state index < -0.39 is 49.0 Å². The Morgan fingerprint density at radius 2 is 1.62 bits per heavy atom. The van der Waals surface area contributed by atoms with Crippen LogP contribution in [0.4, 0.5) is 5.69 Å². The topological polar surface area (TPSA) is 149 Å². The normalized spacial score (nSPS) is 46.2. The number of amides is 1. The minimum atomic E-state index is -1.61. The Morgan fingerprint density at radius 1 is 0.897 bits per heavy atom. The van der Waals surface area contributed by atoms with Gasteiger partial charge in [0.1, 0.15) is 30.2 Å². The predicted molar refractivity (Wildman–Crippen MR) is 220 cm³/mol. The van der Waals surface area contributed by atoms with E-state index in [9.17, 15) is 25.2 Å². The lowest BCUT2D eigenvalue weighted by Crippen LogP contribution is -2.66. The summed E-state index contributed by atoms with van der Waals surface area (Å²) in [6.07, 6.45) is 3.91. The first kappa shape index (κ1) is 42.2. The number of benzene rings is 1. The van der Waals surface area contributed by atoms with Crippen LogP contribution in [-0.4, -0.2) is 107 Å². The molecule has 8 rings (SSSR count). The second kappa shape index (κ2) is 14.5. The van der Waals surface area contributed by atoms with Gasteiger partial charge >= 0.3 is 0 Å². The van der Waals surface area contributed by atoms with Crippen LogP contribution < -0.4 is 9.64 Å². The zero-order valence-electron chi connectivity index (χ0n) is 36.2. The van der Waals surface area contributed by atoms with Gasteiger partial charge in [-0.25, -0.2) is 0 Å². The smallest absolute Gasteiger partial charge is 0.230 e. The number of hydrogen-bond donors (Lipinski definition) is 4. The van der Waals surface area contributed by atoms with Crippen molar-refractivity contribution in [2.75, 3.05) is 38.3 Å². The summed E-state index contributed by atoms with van der Waals surface area (Å²) in [6.45, 7) is 17.2. The Balaban J connectivity index is 1.11. The molecule has 14 atom stereocenters. The second-order valence-electron chi connectivity index (χ2n) is 21.5. The van der Waals surface area contributed by atoms with Gasteiger partial charge in [0.05, 0.1) is 25.9 Å². The van der Waals surface area contributed by atoms with Crippen molar-refractivity contribution < 1.29 is 44.2 Å². The quantitative estimate of drug-likeness (QED) is 0.276. The highest BCUT2D eigenvalue weighted by molar-refractivity contribution is 5.96. The van der Waals surface area contributed by atoms with E-state index in [1.54, 1.807) is 12.0 Å². The number of anilines is 1. The van der Waals surface area contributed by atoms with Gasteiger partial charge in [-0.2, -0.15) is 0 Å². The number of carbonyl (C=O) groups excluding carboxylic acids is 2. The fourth-order valence-electron chi connectivity index (χ4n) is 14.4.